The van der Waals surface area contributed by atoms with Gasteiger partial charge in [-0.2, -0.15) is 0 Å². The number of amides is 1. The van der Waals surface area contributed by atoms with Gasteiger partial charge >= 0.3 is 0 Å². The summed E-state index contributed by atoms with van der Waals surface area (Å²) in [6, 6.07) is 13.4. The lowest BCUT2D eigenvalue weighted by Crippen LogP contribution is -2.28. The molecular formula is C20H20N4O3S. The van der Waals surface area contributed by atoms with Crippen molar-refractivity contribution in [3.05, 3.63) is 72.1 Å². The van der Waals surface area contributed by atoms with E-state index in [9.17, 15) is 13.2 Å². The van der Waals surface area contributed by atoms with Crippen molar-refractivity contribution in [3.8, 4) is 0 Å². The van der Waals surface area contributed by atoms with Crippen molar-refractivity contribution in [2.75, 3.05) is 7.05 Å². The zero-order valence-electron chi connectivity index (χ0n) is 15.5. The van der Waals surface area contributed by atoms with E-state index < -0.39 is 10.0 Å². The zero-order valence-corrected chi connectivity index (χ0v) is 16.3. The van der Waals surface area contributed by atoms with E-state index in [1.54, 1.807) is 36.4 Å². The van der Waals surface area contributed by atoms with E-state index in [4.69, 9.17) is 5.14 Å². The summed E-state index contributed by atoms with van der Waals surface area (Å²) in [6.07, 6.45) is 4.67. The average molecular weight is 396 g/mol. The molecule has 0 saturated heterocycles. The van der Waals surface area contributed by atoms with Crippen LogP contribution in [0.1, 0.15) is 24.2 Å². The normalized spacial score (nSPS) is 13.0. The van der Waals surface area contributed by atoms with Gasteiger partial charge in [-0.3, -0.25) is 9.78 Å². The van der Waals surface area contributed by atoms with Crippen LogP contribution >= 0.6 is 0 Å². The van der Waals surface area contributed by atoms with E-state index in [2.05, 4.69) is 9.97 Å². The van der Waals surface area contributed by atoms with Crippen LogP contribution in [0.2, 0.25) is 0 Å². The highest BCUT2D eigenvalue weighted by Gasteiger charge is 2.16. The van der Waals surface area contributed by atoms with Gasteiger partial charge < -0.3 is 4.90 Å². The molecule has 0 bridgehead atoms. The van der Waals surface area contributed by atoms with Crippen molar-refractivity contribution in [1.82, 2.24) is 14.9 Å². The van der Waals surface area contributed by atoms with Crippen LogP contribution in [0.15, 0.2) is 65.7 Å². The molecule has 0 spiro atoms. The number of benzene rings is 2. The number of aromatic nitrogens is 2. The summed E-state index contributed by atoms with van der Waals surface area (Å²) in [5.41, 5.74) is 2.93. The molecule has 7 nitrogen and oxygen atoms in total. The minimum Gasteiger partial charge on any atom is -0.335 e. The lowest BCUT2D eigenvalue weighted by molar-refractivity contribution is -0.126. The summed E-state index contributed by atoms with van der Waals surface area (Å²) >= 11 is 0. The van der Waals surface area contributed by atoms with E-state index in [0.29, 0.717) is 5.69 Å². The Morgan fingerprint density at radius 2 is 1.75 bits per heavy atom. The minimum atomic E-state index is -3.74. The van der Waals surface area contributed by atoms with Crippen LogP contribution in [0.4, 0.5) is 0 Å². The van der Waals surface area contributed by atoms with Crippen LogP contribution in [0.25, 0.3) is 17.1 Å². The van der Waals surface area contributed by atoms with Crippen molar-refractivity contribution in [2.45, 2.75) is 17.9 Å². The van der Waals surface area contributed by atoms with Gasteiger partial charge in [0.1, 0.15) is 0 Å². The third-order valence-corrected chi connectivity index (χ3v) is 5.41. The molecule has 0 aliphatic heterocycles. The maximum Gasteiger partial charge on any atom is 0.246 e. The zero-order chi connectivity index (χ0) is 20.3. The average Bonchev–Trinajstić information content (AvgIpc) is 2.70. The summed E-state index contributed by atoms with van der Waals surface area (Å²) in [5, 5.41) is 5.11. The molecule has 2 N–H and O–H groups in total. The Morgan fingerprint density at radius 1 is 1.11 bits per heavy atom. The quantitative estimate of drug-likeness (QED) is 0.667. The third-order valence-electron chi connectivity index (χ3n) is 4.48. The lowest BCUT2D eigenvalue weighted by Gasteiger charge is -2.24. The number of carbonyl (C=O) groups excluding carboxylic acids is 1. The maximum absolute atomic E-state index is 12.5. The summed E-state index contributed by atoms with van der Waals surface area (Å²) in [4.78, 5) is 22.9. The van der Waals surface area contributed by atoms with Crippen LogP contribution in [0, 0.1) is 0 Å². The highest BCUT2D eigenvalue weighted by atomic mass is 32.2. The predicted octanol–water partition coefficient (Wildman–Crippen LogP) is 2.51. The van der Waals surface area contributed by atoms with E-state index in [-0.39, 0.29) is 16.8 Å². The molecule has 0 saturated carbocycles. The van der Waals surface area contributed by atoms with Gasteiger partial charge in [-0.15, -0.1) is 0 Å². The standard InChI is InChI=1S/C20H20N4O3S/c1-14(15-7-10-17(11-8-15)28(21,26)27)24(2)20(25)12-9-16-13-22-18-5-3-4-6-19(18)23-16/h3-14H,1-2H3,(H2,21,26,27)/b12-9+. The molecular weight excluding hydrogens is 376 g/mol. The van der Waals surface area contributed by atoms with Gasteiger partial charge in [0.15, 0.2) is 0 Å². The largest absolute Gasteiger partial charge is 0.335 e. The first kappa shape index (κ1) is 19.7. The number of fused-ring (bicyclic) bond motifs is 1. The Kier molecular flexibility index (Phi) is 5.53. The third kappa shape index (κ3) is 4.41. The van der Waals surface area contributed by atoms with Crippen molar-refractivity contribution >= 4 is 33.0 Å². The molecule has 1 unspecified atom stereocenters. The number of rotatable bonds is 5. The first-order chi connectivity index (χ1) is 13.3. The molecule has 2 aromatic carbocycles. The lowest BCUT2D eigenvalue weighted by atomic mass is 10.1. The van der Waals surface area contributed by atoms with Crippen LogP contribution in [-0.2, 0) is 14.8 Å². The maximum atomic E-state index is 12.5. The summed E-state index contributed by atoms with van der Waals surface area (Å²) < 4.78 is 22.7. The van der Waals surface area contributed by atoms with Gasteiger partial charge in [-0.05, 0) is 42.8 Å². The second-order valence-electron chi connectivity index (χ2n) is 6.36. The Morgan fingerprint density at radius 3 is 2.39 bits per heavy atom. The van der Waals surface area contributed by atoms with Gasteiger partial charge in [0.05, 0.1) is 33.9 Å². The molecule has 1 heterocycles. The van der Waals surface area contributed by atoms with E-state index in [1.165, 1.54) is 18.2 Å². The topological polar surface area (TPSA) is 106 Å². The number of nitrogens with zero attached hydrogens (tertiary/aromatic N) is 3. The summed E-state index contributed by atoms with van der Waals surface area (Å²) in [7, 11) is -2.06. The molecule has 1 aromatic heterocycles. The number of carbonyl (C=O) groups is 1. The van der Waals surface area contributed by atoms with Gasteiger partial charge in [-0.1, -0.05) is 24.3 Å². The van der Waals surface area contributed by atoms with Crippen molar-refractivity contribution in [2.24, 2.45) is 5.14 Å². The Bertz CT molecular complexity index is 1140. The minimum absolute atomic E-state index is 0.0344. The van der Waals surface area contributed by atoms with E-state index in [0.717, 1.165) is 16.6 Å². The molecule has 28 heavy (non-hydrogen) atoms. The molecule has 1 atom stereocenters. The van der Waals surface area contributed by atoms with Crippen molar-refractivity contribution in [1.29, 1.82) is 0 Å². The van der Waals surface area contributed by atoms with Gasteiger partial charge in [0, 0.05) is 13.1 Å². The molecule has 8 heteroatoms. The number of hydrogen-bond acceptors (Lipinski definition) is 5. The van der Waals surface area contributed by atoms with Crippen molar-refractivity contribution in [3.63, 3.8) is 0 Å². The first-order valence-electron chi connectivity index (χ1n) is 8.55. The number of nitrogens with two attached hydrogens (primary N) is 1. The second kappa shape index (κ2) is 7.87. The molecule has 0 aliphatic carbocycles. The molecule has 144 valence electrons. The molecule has 3 rings (SSSR count). The fourth-order valence-electron chi connectivity index (χ4n) is 2.68. The van der Waals surface area contributed by atoms with Gasteiger partial charge in [-0.25, -0.2) is 18.5 Å². The smallest absolute Gasteiger partial charge is 0.246 e. The van der Waals surface area contributed by atoms with Crippen LogP contribution in [-0.4, -0.2) is 36.2 Å². The molecule has 0 radical (unpaired) electrons. The fourth-order valence-corrected chi connectivity index (χ4v) is 3.19. The molecule has 0 aliphatic rings. The Hall–Kier alpha value is -3.10. The number of para-hydroxylation sites is 2. The van der Waals surface area contributed by atoms with Gasteiger partial charge in [0.2, 0.25) is 15.9 Å². The van der Waals surface area contributed by atoms with Gasteiger partial charge in [0.25, 0.3) is 0 Å². The molecule has 1 amide bonds. The van der Waals surface area contributed by atoms with E-state index in [1.807, 2.05) is 31.2 Å². The molecule has 3 aromatic rings. The summed E-state index contributed by atoms with van der Waals surface area (Å²) in [6.45, 7) is 1.85. The fraction of sp³-hybridized carbons (Fsp3) is 0.150. The number of primary sulfonamides is 1. The number of likely N-dealkylation sites (N-methyl/N-ethyl adjacent to an activating group) is 1. The highest BCUT2D eigenvalue weighted by molar-refractivity contribution is 7.89. The van der Waals surface area contributed by atoms with Crippen LogP contribution in [0.5, 0.6) is 0 Å². The Labute approximate surface area is 163 Å². The predicted molar refractivity (Wildman–Crippen MR) is 108 cm³/mol. The Balaban J connectivity index is 1.72. The molecule has 0 fully saturated rings. The number of sulfonamides is 1. The first-order valence-corrected chi connectivity index (χ1v) is 10.1. The van der Waals surface area contributed by atoms with E-state index >= 15 is 0 Å². The second-order valence-corrected chi connectivity index (χ2v) is 7.92. The monoisotopic (exact) mass is 396 g/mol. The summed E-state index contributed by atoms with van der Waals surface area (Å²) in [5.74, 6) is -0.210. The highest BCUT2D eigenvalue weighted by Crippen LogP contribution is 2.21. The van der Waals surface area contributed by atoms with Crippen LogP contribution < -0.4 is 5.14 Å². The van der Waals surface area contributed by atoms with Crippen molar-refractivity contribution < 1.29 is 13.2 Å². The number of hydrogen-bond donors (Lipinski definition) is 1. The van der Waals surface area contributed by atoms with Crippen LogP contribution in [0.3, 0.4) is 0 Å². The SMILES string of the molecule is CC(c1ccc(S(N)(=O)=O)cc1)N(C)C(=O)/C=C/c1cnc2ccccc2n1.